The Morgan fingerprint density at radius 1 is 1.27 bits per heavy atom. The van der Waals surface area contributed by atoms with Crippen LogP contribution in [0.1, 0.15) is 32.8 Å². The zero-order valence-corrected chi connectivity index (χ0v) is 13.4. The molecule has 0 fully saturated rings. The number of ether oxygens (including phenoxy) is 1. The molecule has 2 rings (SSSR count). The molecule has 118 valence electrons. The van der Waals surface area contributed by atoms with Crippen LogP contribution < -0.4 is 10.9 Å². The summed E-state index contributed by atoms with van der Waals surface area (Å²) >= 11 is 0. The standard InChI is InChI=1S/C17H22N2O3/c1-17(2,3)9-16(21)18-12-5-6-13-11(10-22-4)7-15(20)19-14(13)8-12/h5-8H,9-10H2,1-4H3,(H,18,21)(H,19,20). The van der Waals surface area contributed by atoms with Gasteiger partial charge in [-0.1, -0.05) is 26.8 Å². The van der Waals surface area contributed by atoms with Crippen molar-refractivity contribution in [3.8, 4) is 0 Å². The Balaban J connectivity index is 2.31. The number of rotatable bonds is 4. The third kappa shape index (κ3) is 4.18. The first-order chi connectivity index (χ1) is 10.3. The van der Waals surface area contributed by atoms with Crippen LogP contribution in [0.25, 0.3) is 10.9 Å². The number of hydrogen-bond acceptors (Lipinski definition) is 3. The number of nitrogens with one attached hydrogen (secondary N) is 2. The number of aromatic amines is 1. The second-order valence-corrected chi connectivity index (χ2v) is 6.64. The summed E-state index contributed by atoms with van der Waals surface area (Å²) in [7, 11) is 1.59. The number of pyridine rings is 1. The second-order valence-electron chi connectivity index (χ2n) is 6.64. The maximum absolute atomic E-state index is 12.0. The van der Waals surface area contributed by atoms with E-state index in [0.29, 0.717) is 24.2 Å². The monoisotopic (exact) mass is 302 g/mol. The molecule has 0 saturated carbocycles. The highest BCUT2D eigenvalue weighted by molar-refractivity contribution is 5.94. The van der Waals surface area contributed by atoms with E-state index in [-0.39, 0.29) is 16.9 Å². The predicted octanol–water partition coefficient (Wildman–Crippen LogP) is 3.05. The molecule has 0 aliphatic heterocycles. The number of carbonyl (C=O) groups is 1. The normalized spacial score (nSPS) is 11.6. The lowest BCUT2D eigenvalue weighted by Crippen LogP contribution is -2.19. The number of carbonyl (C=O) groups excluding carboxylic acids is 1. The van der Waals surface area contributed by atoms with Crippen LogP contribution in [0.5, 0.6) is 0 Å². The Morgan fingerprint density at radius 3 is 2.64 bits per heavy atom. The lowest BCUT2D eigenvalue weighted by Gasteiger charge is -2.17. The van der Waals surface area contributed by atoms with E-state index < -0.39 is 0 Å². The Morgan fingerprint density at radius 2 is 2.00 bits per heavy atom. The summed E-state index contributed by atoms with van der Waals surface area (Å²) in [5, 5.41) is 3.78. The average Bonchev–Trinajstić information content (AvgIpc) is 2.35. The molecule has 0 radical (unpaired) electrons. The number of methoxy groups -OCH3 is 1. The Kier molecular flexibility index (Phi) is 4.66. The molecular weight excluding hydrogens is 280 g/mol. The number of H-pyrrole nitrogens is 1. The molecule has 0 saturated heterocycles. The summed E-state index contributed by atoms with van der Waals surface area (Å²) in [5.41, 5.74) is 1.94. The fraction of sp³-hybridized carbons (Fsp3) is 0.412. The molecule has 1 heterocycles. The van der Waals surface area contributed by atoms with Crippen molar-refractivity contribution < 1.29 is 9.53 Å². The molecule has 1 aromatic heterocycles. The van der Waals surface area contributed by atoms with E-state index in [4.69, 9.17) is 4.74 Å². The van der Waals surface area contributed by atoms with Crippen molar-refractivity contribution in [3.63, 3.8) is 0 Å². The van der Waals surface area contributed by atoms with Crippen LogP contribution in [0.4, 0.5) is 5.69 Å². The number of benzene rings is 1. The van der Waals surface area contributed by atoms with Gasteiger partial charge in [0.15, 0.2) is 0 Å². The predicted molar refractivity (Wildman–Crippen MR) is 88.0 cm³/mol. The Labute approximate surface area is 129 Å². The largest absolute Gasteiger partial charge is 0.380 e. The van der Waals surface area contributed by atoms with Gasteiger partial charge in [-0.3, -0.25) is 9.59 Å². The molecule has 0 aliphatic rings. The van der Waals surface area contributed by atoms with Crippen LogP contribution in [0.15, 0.2) is 29.1 Å². The molecule has 22 heavy (non-hydrogen) atoms. The molecule has 1 aromatic carbocycles. The fourth-order valence-corrected chi connectivity index (χ4v) is 2.37. The van der Waals surface area contributed by atoms with Gasteiger partial charge < -0.3 is 15.0 Å². The van der Waals surface area contributed by atoms with Crippen molar-refractivity contribution in [2.45, 2.75) is 33.8 Å². The summed E-state index contributed by atoms with van der Waals surface area (Å²) in [6.45, 7) is 6.42. The molecule has 1 amide bonds. The minimum atomic E-state index is -0.183. The third-order valence-electron chi connectivity index (χ3n) is 3.20. The highest BCUT2D eigenvalue weighted by Crippen LogP contribution is 2.22. The lowest BCUT2D eigenvalue weighted by atomic mass is 9.92. The van der Waals surface area contributed by atoms with Gasteiger partial charge in [-0.15, -0.1) is 0 Å². The zero-order valence-electron chi connectivity index (χ0n) is 13.4. The lowest BCUT2D eigenvalue weighted by molar-refractivity contribution is -0.117. The summed E-state index contributed by atoms with van der Waals surface area (Å²) in [5.74, 6) is -0.0396. The highest BCUT2D eigenvalue weighted by atomic mass is 16.5. The first kappa shape index (κ1) is 16.2. The van der Waals surface area contributed by atoms with Gasteiger partial charge in [0.05, 0.1) is 12.1 Å². The van der Waals surface area contributed by atoms with Crippen LogP contribution in [0.3, 0.4) is 0 Å². The molecular formula is C17H22N2O3. The van der Waals surface area contributed by atoms with Gasteiger partial charge >= 0.3 is 0 Å². The van der Waals surface area contributed by atoms with E-state index >= 15 is 0 Å². The smallest absolute Gasteiger partial charge is 0.248 e. The maximum Gasteiger partial charge on any atom is 0.248 e. The maximum atomic E-state index is 12.0. The van der Waals surface area contributed by atoms with Crippen molar-refractivity contribution in [1.29, 1.82) is 0 Å². The number of amides is 1. The minimum Gasteiger partial charge on any atom is -0.380 e. The number of fused-ring (bicyclic) bond motifs is 1. The molecule has 0 bridgehead atoms. The average molecular weight is 302 g/mol. The molecule has 0 spiro atoms. The van der Waals surface area contributed by atoms with Gasteiger partial charge in [0, 0.05) is 30.7 Å². The van der Waals surface area contributed by atoms with Crippen molar-refractivity contribution in [2.75, 3.05) is 12.4 Å². The van der Waals surface area contributed by atoms with Crippen molar-refractivity contribution in [1.82, 2.24) is 4.98 Å². The summed E-state index contributed by atoms with van der Waals surface area (Å²) in [6, 6.07) is 7.02. The molecule has 0 unspecified atom stereocenters. The second kappa shape index (κ2) is 6.32. The van der Waals surface area contributed by atoms with Crippen molar-refractivity contribution in [2.24, 2.45) is 5.41 Å². The van der Waals surface area contributed by atoms with Crippen LogP contribution in [-0.4, -0.2) is 18.0 Å². The molecule has 5 nitrogen and oxygen atoms in total. The molecule has 5 heteroatoms. The van der Waals surface area contributed by atoms with Crippen LogP contribution in [-0.2, 0) is 16.1 Å². The number of aromatic nitrogens is 1. The van der Waals surface area contributed by atoms with E-state index in [2.05, 4.69) is 10.3 Å². The van der Waals surface area contributed by atoms with E-state index in [1.54, 1.807) is 13.2 Å². The van der Waals surface area contributed by atoms with E-state index in [0.717, 1.165) is 10.9 Å². The van der Waals surface area contributed by atoms with E-state index in [1.807, 2.05) is 32.9 Å². The first-order valence-corrected chi connectivity index (χ1v) is 7.23. The molecule has 2 aromatic rings. The Hall–Kier alpha value is -2.14. The molecule has 0 atom stereocenters. The Bertz CT molecular complexity index is 742. The zero-order chi connectivity index (χ0) is 16.3. The van der Waals surface area contributed by atoms with E-state index in [1.165, 1.54) is 6.07 Å². The summed E-state index contributed by atoms with van der Waals surface area (Å²) in [6.07, 6.45) is 0.436. The van der Waals surface area contributed by atoms with Crippen molar-refractivity contribution in [3.05, 3.63) is 40.2 Å². The summed E-state index contributed by atoms with van der Waals surface area (Å²) in [4.78, 5) is 26.5. The fourth-order valence-electron chi connectivity index (χ4n) is 2.37. The van der Waals surface area contributed by atoms with Gasteiger partial charge in [0.2, 0.25) is 11.5 Å². The van der Waals surface area contributed by atoms with Crippen molar-refractivity contribution >= 4 is 22.5 Å². The third-order valence-corrected chi connectivity index (χ3v) is 3.20. The first-order valence-electron chi connectivity index (χ1n) is 7.23. The van der Waals surface area contributed by atoms with E-state index in [9.17, 15) is 9.59 Å². The molecule has 2 N–H and O–H groups in total. The van der Waals surface area contributed by atoms with Gasteiger partial charge in [0.1, 0.15) is 0 Å². The quantitative estimate of drug-likeness (QED) is 0.912. The minimum absolute atomic E-state index is 0.0396. The van der Waals surface area contributed by atoms with Gasteiger partial charge in [-0.05, 0) is 23.1 Å². The number of hydrogen-bond donors (Lipinski definition) is 2. The SMILES string of the molecule is COCc1cc(=O)[nH]c2cc(NC(=O)CC(C)(C)C)ccc12. The van der Waals surface area contributed by atoms with Crippen LogP contribution in [0, 0.1) is 5.41 Å². The number of anilines is 1. The van der Waals surface area contributed by atoms with Crippen LogP contribution >= 0.6 is 0 Å². The van der Waals surface area contributed by atoms with Gasteiger partial charge in [0.25, 0.3) is 0 Å². The topological polar surface area (TPSA) is 71.2 Å². The van der Waals surface area contributed by atoms with Crippen LogP contribution in [0.2, 0.25) is 0 Å². The molecule has 0 aliphatic carbocycles. The van der Waals surface area contributed by atoms with Gasteiger partial charge in [-0.2, -0.15) is 0 Å². The summed E-state index contributed by atoms with van der Waals surface area (Å²) < 4.78 is 5.12. The van der Waals surface area contributed by atoms with Gasteiger partial charge in [-0.25, -0.2) is 0 Å². The highest BCUT2D eigenvalue weighted by Gasteiger charge is 2.16.